The van der Waals surface area contributed by atoms with Crippen molar-refractivity contribution in [3.05, 3.63) is 84.2 Å². The zero-order chi connectivity index (χ0) is 18.2. The van der Waals surface area contributed by atoms with Crippen LogP contribution in [0, 0.1) is 0 Å². The number of hydrogen-bond donors (Lipinski definition) is 1. The average molecular weight is 364 g/mol. The topological polar surface area (TPSA) is 59.3 Å². The van der Waals surface area contributed by atoms with Gasteiger partial charge in [0, 0.05) is 23.2 Å². The van der Waals surface area contributed by atoms with Gasteiger partial charge in [-0.25, -0.2) is 5.43 Å². The van der Waals surface area contributed by atoms with E-state index in [9.17, 15) is 4.79 Å². The van der Waals surface area contributed by atoms with Gasteiger partial charge in [0.15, 0.2) is 0 Å². The number of aryl methyl sites for hydroxylation is 1. The highest BCUT2D eigenvalue weighted by molar-refractivity contribution is 8.00. The third kappa shape index (κ3) is 4.83. The van der Waals surface area contributed by atoms with Crippen molar-refractivity contribution >= 4 is 23.9 Å². The molecular weight excluding hydrogens is 344 g/mol. The van der Waals surface area contributed by atoms with Crippen LogP contribution in [-0.2, 0) is 11.3 Å². The molecule has 0 aliphatic rings. The van der Waals surface area contributed by atoms with Gasteiger partial charge in [-0.15, -0.1) is 11.8 Å². The third-order valence-corrected chi connectivity index (χ3v) is 4.97. The predicted molar refractivity (Wildman–Crippen MR) is 105 cm³/mol. The van der Waals surface area contributed by atoms with Crippen LogP contribution in [0.1, 0.15) is 23.3 Å². The Bertz CT molecular complexity index is 862. The SMILES string of the molecule is CCn1cc(/C=N\NC(=O)[C@H](Sc2ccccc2)c2ccccc2)cn1. The zero-order valence-corrected chi connectivity index (χ0v) is 15.3. The number of benzene rings is 2. The van der Waals surface area contributed by atoms with Crippen LogP contribution in [0.3, 0.4) is 0 Å². The standard InChI is InChI=1S/C20H20N4OS/c1-2-24-15-16(14-22-24)13-21-23-20(25)19(17-9-5-3-6-10-17)26-18-11-7-4-8-12-18/h3-15,19H,2H2,1H3,(H,23,25)/b21-13-/t19-/m1/s1. The molecule has 0 aliphatic heterocycles. The van der Waals surface area contributed by atoms with E-state index in [4.69, 9.17) is 0 Å². The Kier molecular flexibility index (Phi) is 6.22. The van der Waals surface area contributed by atoms with Crippen LogP contribution in [0.4, 0.5) is 0 Å². The van der Waals surface area contributed by atoms with E-state index in [1.807, 2.05) is 73.8 Å². The molecule has 2 aromatic carbocycles. The fourth-order valence-electron chi connectivity index (χ4n) is 2.38. The van der Waals surface area contributed by atoms with Gasteiger partial charge in [0.2, 0.25) is 0 Å². The first-order chi connectivity index (χ1) is 12.8. The molecule has 0 saturated heterocycles. The molecule has 0 spiro atoms. The summed E-state index contributed by atoms with van der Waals surface area (Å²) in [5.41, 5.74) is 4.43. The maximum absolute atomic E-state index is 12.7. The smallest absolute Gasteiger partial charge is 0.258 e. The van der Waals surface area contributed by atoms with Gasteiger partial charge in [0.05, 0.1) is 12.4 Å². The van der Waals surface area contributed by atoms with Crippen LogP contribution >= 0.6 is 11.8 Å². The second kappa shape index (κ2) is 9.01. The molecule has 3 aromatic rings. The van der Waals surface area contributed by atoms with E-state index in [-0.39, 0.29) is 11.2 Å². The highest BCUT2D eigenvalue weighted by Crippen LogP contribution is 2.35. The molecule has 0 fully saturated rings. The van der Waals surface area contributed by atoms with Crippen LogP contribution in [0.25, 0.3) is 0 Å². The van der Waals surface area contributed by atoms with Crippen LogP contribution < -0.4 is 5.43 Å². The maximum Gasteiger partial charge on any atom is 0.258 e. The second-order valence-electron chi connectivity index (χ2n) is 5.59. The van der Waals surface area contributed by atoms with E-state index < -0.39 is 0 Å². The van der Waals surface area contributed by atoms with E-state index in [0.717, 1.165) is 22.6 Å². The Labute approximate surface area is 157 Å². The molecule has 0 saturated carbocycles. The lowest BCUT2D eigenvalue weighted by Crippen LogP contribution is -2.23. The summed E-state index contributed by atoms with van der Waals surface area (Å²) in [5.74, 6) is -0.163. The first-order valence-corrected chi connectivity index (χ1v) is 9.26. The molecular formula is C20H20N4OS. The van der Waals surface area contributed by atoms with Gasteiger partial charge in [0.25, 0.3) is 5.91 Å². The third-order valence-electron chi connectivity index (χ3n) is 3.70. The summed E-state index contributed by atoms with van der Waals surface area (Å²) < 4.78 is 1.81. The number of thioether (sulfide) groups is 1. The maximum atomic E-state index is 12.7. The molecule has 1 amide bonds. The Morgan fingerprint density at radius 1 is 1.19 bits per heavy atom. The van der Waals surface area contributed by atoms with Gasteiger partial charge in [-0.2, -0.15) is 10.2 Å². The highest BCUT2D eigenvalue weighted by atomic mass is 32.2. The largest absolute Gasteiger partial charge is 0.272 e. The highest BCUT2D eigenvalue weighted by Gasteiger charge is 2.21. The number of hydrogen-bond acceptors (Lipinski definition) is 4. The number of amides is 1. The Hall–Kier alpha value is -2.86. The summed E-state index contributed by atoms with van der Waals surface area (Å²) in [6, 6.07) is 19.6. The monoisotopic (exact) mass is 364 g/mol. The summed E-state index contributed by atoms with van der Waals surface area (Å²) in [4.78, 5) is 13.8. The van der Waals surface area contributed by atoms with Crippen molar-refractivity contribution in [3.63, 3.8) is 0 Å². The minimum absolute atomic E-state index is 0.163. The van der Waals surface area contributed by atoms with Gasteiger partial charge in [-0.05, 0) is 24.6 Å². The lowest BCUT2D eigenvalue weighted by Gasteiger charge is -2.15. The van der Waals surface area contributed by atoms with Crippen molar-refractivity contribution < 1.29 is 4.79 Å². The summed E-state index contributed by atoms with van der Waals surface area (Å²) in [6.07, 6.45) is 5.20. The quantitative estimate of drug-likeness (QED) is 0.393. The minimum Gasteiger partial charge on any atom is -0.272 e. The van der Waals surface area contributed by atoms with Gasteiger partial charge in [0.1, 0.15) is 5.25 Å². The molecule has 0 bridgehead atoms. The Morgan fingerprint density at radius 3 is 2.54 bits per heavy atom. The molecule has 1 N–H and O–H groups in total. The normalized spacial score (nSPS) is 12.2. The first kappa shape index (κ1) is 17.9. The first-order valence-electron chi connectivity index (χ1n) is 8.38. The summed E-state index contributed by atoms with van der Waals surface area (Å²) in [7, 11) is 0. The van der Waals surface area contributed by atoms with E-state index in [0.29, 0.717) is 0 Å². The number of hydrazone groups is 1. The Morgan fingerprint density at radius 2 is 1.88 bits per heavy atom. The van der Waals surface area contributed by atoms with Gasteiger partial charge in [-0.1, -0.05) is 48.5 Å². The molecule has 26 heavy (non-hydrogen) atoms. The molecule has 1 atom stereocenters. The summed E-state index contributed by atoms with van der Waals surface area (Å²) in [6.45, 7) is 2.81. The van der Waals surface area contributed by atoms with E-state index in [1.165, 1.54) is 11.8 Å². The molecule has 1 heterocycles. The van der Waals surface area contributed by atoms with E-state index in [2.05, 4.69) is 15.6 Å². The van der Waals surface area contributed by atoms with Crippen LogP contribution in [0.5, 0.6) is 0 Å². The van der Waals surface area contributed by atoms with E-state index >= 15 is 0 Å². The lowest BCUT2D eigenvalue weighted by atomic mass is 10.1. The Balaban J connectivity index is 1.72. The number of carbonyl (C=O) groups excluding carboxylic acids is 1. The van der Waals surface area contributed by atoms with Crippen molar-refractivity contribution in [3.8, 4) is 0 Å². The van der Waals surface area contributed by atoms with Crippen LogP contribution in [0.15, 0.2) is 83.1 Å². The molecule has 6 heteroatoms. The fourth-order valence-corrected chi connectivity index (χ4v) is 3.42. The van der Waals surface area contributed by atoms with Crippen LogP contribution in [0.2, 0.25) is 0 Å². The number of nitrogens with one attached hydrogen (secondary N) is 1. The van der Waals surface area contributed by atoms with Crippen molar-refractivity contribution in [1.82, 2.24) is 15.2 Å². The van der Waals surface area contributed by atoms with E-state index in [1.54, 1.807) is 17.1 Å². The molecule has 132 valence electrons. The lowest BCUT2D eigenvalue weighted by molar-refractivity contribution is -0.120. The average Bonchev–Trinajstić information content (AvgIpc) is 3.15. The minimum atomic E-state index is -0.380. The van der Waals surface area contributed by atoms with Gasteiger partial charge < -0.3 is 0 Å². The van der Waals surface area contributed by atoms with Crippen molar-refractivity contribution in [2.24, 2.45) is 5.10 Å². The number of carbonyl (C=O) groups is 1. The van der Waals surface area contributed by atoms with Crippen molar-refractivity contribution in [2.75, 3.05) is 0 Å². The zero-order valence-electron chi connectivity index (χ0n) is 14.4. The molecule has 5 nitrogen and oxygen atoms in total. The number of aromatic nitrogens is 2. The molecule has 0 aliphatic carbocycles. The second-order valence-corrected chi connectivity index (χ2v) is 6.76. The van der Waals surface area contributed by atoms with Crippen LogP contribution in [-0.4, -0.2) is 21.9 Å². The summed E-state index contributed by atoms with van der Waals surface area (Å²) >= 11 is 1.50. The van der Waals surface area contributed by atoms with Crippen molar-refractivity contribution in [2.45, 2.75) is 23.6 Å². The van der Waals surface area contributed by atoms with Gasteiger partial charge >= 0.3 is 0 Å². The predicted octanol–water partition coefficient (Wildman–Crippen LogP) is 3.89. The molecule has 0 radical (unpaired) electrons. The fraction of sp³-hybridized carbons (Fsp3) is 0.150. The molecule has 3 rings (SSSR count). The van der Waals surface area contributed by atoms with Crippen molar-refractivity contribution in [1.29, 1.82) is 0 Å². The summed E-state index contributed by atoms with van der Waals surface area (Å²) in [5, 5.41) is 7.89. The van der Waals surface area contributed by atoms with Gasteiger partial charge in [-0.3, -0.25) is 9.48 Å². The number of nitrogens with zero attached hydrogens (tertiary/aromatic N) is 3. The molecule has 0 unspecified atom stereocenters. The number of rotatable bonds is 7. The molecule has 1 aromatic heterocycles.